The summed E-state index contributed by atoms with van der Waals surface area (Å²) in [6.07, 6.45) is 10.8. The Hall–Kier alpha value is -2.11. The fraction of sp³-hybridized carbons (Fsp3) is 0.417. The van der Waals surface area contributed by atoms with Crippen LogP contribution in [-0.4, -0.2) is 31.8 Å². The zero-order valence-electron chi connectivity index (χ0n) is 10.4. The van der Waals surface area contributed by atoms with E-state index in [9.17, 15) is 4.79 Å². The molecule has 0 aliphatic heterocycles. The van der Waals surface area contributed by atoms with Gasteiger partial charge in [-0.2, -0.15) is 5.10 Å². The molecule has 2 rings (SSSR count). The molecule has 0 aliphatic rings. The quantitative estimate of drug-likeness (QED) is 0.769. The molecule has 2 aromatic heterocycles. The molecule has 2 heterocycles. The molecular weight excluding hydrogens is 230 g/mol. The molecular formula is C12H17N5O. The molecule has 0 aliphatic carbocycles. The van der Waals surface area contributed by atoms with Gasteiger partial charge >= 0.3 is 0 Å². The second kappa shape index (κ2) is 6.00. The number of carbonyl (C=O) groups is 1. The average molecular weight is 247 g/mol. The fourth-order valence-electron chi connectivity index (χ4n) is 1.68. The summed E-state index contributed by atoms with van der Waals surface area (Å²) in [5, 5.41) is 6.84. The minimum Gasteiger partial charge on any atom is -0.352 e. The van der Waals surface area contributed by atoms with E-state index >= 15 is 0 Å². The lowest BCUT2D eigenvalue weighted by Gasteiger charge is -2.04. The molecule has 0 atom stereocenters. The number of imidazole rings is 1. The van der Waals surface area contributed by atoms with E-state index in [2.05, 4.69) is 15.4 Å². The topological polar surface area (TPSA) is 64.7 Å². The predicted molar refractivity (Wildman–Crippen MR) is 67.0 cm³/mol. The Balaban J connectivity index is 1.62. The van der Waals surface area contributed by atoms with Gasteiger partial charge in [0.1, 0.15) is 0 Å². The third kappa shape index (κ3) is 3.44. The standard InChI is InChI=1S/C12H17N5O/c1-16-9-11(8-15-16)12(18)14-4-2-3-6-17-7-5-13-10-17/h5,7-10H,2-4,6H2,1H3,(H,14,18). The molecule has 1 amide bonds. The zero-order valence-corrected chi connectivity index (χ0v) is 10.4. The maximum Gasteiger partial charge on any atom is 0.254 e. The smallest absolute Gasteiger partial charge is 0.254 e. The summed E-state index contributed by atoms with van der Waals surface area (Å²) in [7, 11) is 1.79. The normalized spacial score (nSPS) is 10.5. The van der Waals surface area contributed by atoms with Gasteiger partial charge in [0.25, 0.3) is 5.91 Å². The average Bonchev–Trinajstić information content (AvgIpc) is 2.99. The Morgan fingerprint density at radius 2 is 2.33 bits per heavy atom. The summed E-state index contributed by atoms with van der Waals surface area (Å²) in [5.74, 6) is -0.0641. The molecule has 18 heavy (non-hydrogen) atoms. The van der Waals surface area contributed by atoms with Crippen molar-refractivity contribution in [2.45, 2.75) is 19.4 Å². The van der Waals surface area contributed by atoms with Gasteiger partial charge in [0.15, 0.2) is 0 Å². The van der Waals surface area contributed by atoms with Crippen molar-refractivity contribution in [1.29, 1.82) is 0 Å². The monoisotopic (exact) mass is 247 g/mol. The lowest BCUT2D eigenvalue weighted by Crippen LogP contribution is -2.24. The van der Waals surface area contributed by atoms with Crippen molar-refractivity contribution in [3.8, 4) is 0 Å². The molecule has 0 bridgehead atoms. The molecule has 0 radical (unpaired) electrons. The number of hydrogen-bond acceptors (Lipinski definition) is 3. The predicted octanol–water partition coefficient (Wildman–Crippen LogP) is 0.827. The number of carbonyl (C=O) groups excluding carboxylic acids is 1. The molecule has 2 aromatic rings. The van der Waals surface area contributed by atoms with E-state index < -0.39 is 0 Å². The molecule has 0 saturated carbocycles. The van der Waals surface area contributed by atoms with E-state index in [4.69, 9.17) is 0 Å². The lowest BCUT2D eigenvalue weighted by molar-refractivity contribution is 0.0953. The highest BCUT2D eigenvalue weighted by Gasteiger charge is 2.06. The first-order valence-electron chi connectivity index (χ1n) is 5.98. The van der Waals surface area contributed by atoms with Crippen molar-refractivity contribution < 1.29 is 4.79 Å². The number of amides is 1. The molecule has 0 unspecified atom stereocenters. The Kier molecular flexibility index (Phi) is 4.11. The van der Waals surface area contributed by atoms with E-state index in [0.717, 1.165) is 19.4 Å². The van der Waals surface area contributed by atoms with E-state index in [-0.39, 0.29) is 5.91 Å². The van der Waals surface area contributed by atoms with Crippen LogP contribution < -0.4 is 5.32 Å². The Bertz CT molecular complexity index is 488. The summed E-state index contributed by atoms with van der Waals surface area (Å²) >= 11 is 0. The van der Waals surface area contributed by atoms with E-state index in [1.807, 2.05) is 10.8 Å². The number of aryl methyl sites for hydroxylation is 2. The number of nitrogens with one attached hydrogen (secondary N) is 1. The molecule has 6 heteroatoms. The lowest BCUT2D eigenvalue weighted by atomic mass is 10.3. The maximum atomic E-state index is 11.7. The van der Waals surface area contributed by atoms with Crippen LogP contribution in [0.2, 0.25) is 0 Å². The number of unbranched alkanes of at least 4 members (excludes halogenated alkanes) is 1. The molecule has 0 spiro atoms. The van der Waals surface area contributed by atoms with Gasteiger partial charge in [-0.25, -0.2) is 4.98 Å². The SMILES string of the molecule is Cn1cc(C(=O)NCCCCn2ccnc2)cn1. The van der Waals surface area contributed by atoms with Crippen LogP contribution >= 0.6 is 0 Å². The maximum absolute atomic E-state index is 11.7. The van der Waals surface area contributed by atoms with Crippen LogP contribution in [0, 0.1) is 0 Å². The van der Waals surface area contributed by atoms with Crippen LogP contribution in [0.15, 0.2) is 31.1 Å². The van der Waals surface area contributed by atoms with Gasteiger partial charge < -0.3 is 9.88 Å². The van der Waals surface area contributed by atoms with Crippen molar-refractivity contribution in [1.82, 2.24) is 24.6 Å². The van der Waals surface area contributed by atoms with Gasteiger partial charge in [0.05, 0.1) is 18.1 Å². The highest BCUT2D eigenvalue weighted by Crippen LogP contribution is 1.97. The summed E-state index contributed by atoms with van der Waals surface area (Å²) in [6, 6.07) is 0. The fourth-order valence-corrected chi connectivity index (χ4v) is 1.68. The van der Waals surface area contributed by atoms with Gasteiger partial charge in [-0.05, 0) is 12.8 Å². The van der Waals surface area contributed by atoms with Crippen molar-refractivity contribution in [3.63, 3.8) is 0 Å². The van der Waals surface area contributed by atoms with Crippen LogP contribution in [0.1, 0.15) is 23.2 Å². The van der Waals surface area contributed by atoms with Gasteiger partial charge in [0.2, 0.25) is 0 Å². The van der Waals surface area contributed by atoms with Gasteiger partial charge in [-0.1, -0.05) is 0 Å². The number of nitrogens with zero attached hydrogens (tertiary/aromatic N) is 4. The van der Waals surface area contributed by atoms with Crippen LogP contribution in [0.5, 0.6) is 0 Å². The van der Waals surface area contributed by atoms with Gasteiger partial charge in [-0.3, -0.25) is 9.48 Å². The molecule has 0 aromatic carbocycles. The minimum atomic E-state index is -0.0641. The summed E-state index contributed by atoms with van der Waals surface area (Å²) in [5.41, 5.74) is 0.604. The second-order valence-corrected chi connectivity index (χ2v) is 4.17. The van der Waals surface area contributed by atoms with Crippen LogP contribution in [-0.2, 0) is 13.6 Å². The Morgan fingerprint density at radius 1 is 1.44 bits per heavy atom. The van der Waals surface area contributed by atoms with E-state index in [1.54, 1.807) is 36.6 Å². The first-order valence-corrected chi connectivity index (χ1v) is 5.98. The van der Waals surface area contributed by atoms with Crippen LogP contribution in [0.3, 0.4) is 0 Å². The van der Waals surface area contributed by atoms with Gasteiger partial charge in [-0.15, -0.1) is 0 Å². The minimum absolute atomic E-state index is 0.0641. The molecule has 0 fully saturated rings. The van der Waals surface area contributed by atoms with Crippen LogP contribution in [0.25, 0.3) is 0 Å². The Labute approximate surface area is 106 Å². The third-order valence-electron chi connectivity index (χ3n) is 2.65. The molecule has 6 nitrogen and oxygen atoms in total. The zero-order chi connectivity index (χ0) is 12.8. The van der Waals surface area contributed by atoms with Crippen molar-refractivity contribution >= 4 is 5.91 Å². The van der Waals surface area contributed by atoms with E-state index in [1.165, 1.54) is 0 Å². The Morgan fingerprint density at radius 3 is 3.00 bits per heavy atom. The van der Waals surface area contributed by atoms with Crippen molar-refractivity contribution in [2.24, 2.45) is 7.05 Å². The first kappa shape index (κ1) is 12.3. The number of aromatic nitrogens is 4. The second-order valence-electron chi connectivity index (χ2n) is 4.17. The third-order valence-corrected chi connectivity index (χ3v) is 2.65. The number of hydrogen-bond donors (Lipinski definition) is 1. The van der Waals surface area contributed by atoms with E-state index in [0.29, 0.717) is 12.1 Å². The van der Waals surface area contributed by atoms with Gasteiger partial charge in [0, 0.05) is 38.7 Å². The molecule has 0 saturated heterocycles. The molecule has 96 valence electrons. The van der Waals surface area contributed by atoms with Crippen molar-refractivity contribution in [2.75, 3.05) is 6.54 Å². The van der Waals surface area contributed by atoms with Crippen molar-refractivity contribution in [3.05, 3.63) is 36.7 Å². The summed E-state index contributed by atoms with van der Waals surface area (Å²) in [6.45, 7) is 1.62. The highest BCUT2D eigenvalue weighted by atomic mass is 16.1. The molecule has 1 N–H and O–H groups in total. The first-order chi connectivity index (χ1) is 8.75. The number of rotatable bonds is 6. The summed E-state index contributed by atoms with van der Waals surface area (Å²) < 4.78 is 3.65. The summed E-state index contributed by atoms with van der Waals surface area (Å²) in [4.78, 5) is 15.6. The largest absolute Gasteiger partial charge is 0.352 e. The highest BCUT2D eigenvalue weighted by molar-refractivity contribution is 5.93. The van der Waals surface area contributed by atoms with Crippen LogP contribution in [0.4, 0.5) is 0 Å².